The number of nitrogens with zero attached hydrogens (tertiary/aromatic N) is 5. The molecule has 0 saturated heterocycles. The zero-order valence-corrected chi connectivity index (χ0v) is 15.6. The molecule has 0 amide bonds. The molecule has 0 aliphatic heterocycles. The van der Waals surface area contributed by atoms with Gasteiger partial charge in [0.25, 0.3) is 0 Å². The SMILES string of the molecule is CC(Sc1nnc(-c2ccccc2F)n1C)c1nc(-c2cccs2)no1. The summed E-state index contributed by atoms with van der Waals surface area (Å²) in [6.07, 6.45) is 0. The first-order valence-corrected chi connectivity index (χ1v) is 9.58. The fourth-order valence-corrected chi connectivity index (χ4v) is 3.90. The zero-order valence-electron chi connectivity index (χ0n) is 14.0. The lowest BCUT2D eigenvalue weighted by molar-refractivity contribution is 0.380. The van der Waals surface area contributed by atoms with Gasteiger partial charge >= 0.3 is 0 Å². The predicted octanol–water partition coefficient (Wildman–Crippen LogP) is 4.59. The number of aromatic nitrogens is 5. The van der Waals surface area contributed by atoms with E-state index in [1.165, 1.54) is 17.8 Å². The topological polar surface area (TPSA) is 69.6 Å². The highest BCUT2D eigenvalue weighted by Gasteiger charge is 2.21. The second-order valence-corrected chi connectivity index (χ2v) is 7.79. The summed E-state index contributed by atoms with van der Waals surface area (Å²) >= 11 is 2.99. The van der Waals surface area contributed by atoms with E-state index in [2.05, 4.69) is 20.3 Å². The van der Waals surface area contributed by atoms with Gasteiger partial charge in [0.2, 0.25) is 11.7 Å². The van der Waals surface area contributed by atoms with Crippen molar-refractivity contribution in [1.82, 2.24) is 24.9 Å². The average molecular weight is 387 g/mol. The summed E-state index contributed by atoms with van der Waals surface area (Å²) in [7, 11) is 1.81. The lowest BCUT2D eigenvalue weighted by Crippen LogP contribution is -1.98. The molecule has 1 unspecified atom stereocenters. The molecule has 0 spiro atoms. The summed E-state index contributed by atoms with van der Waals surface area (Å²) in [6, 6.07) is 10.4. The molecular formula is C17H14FN5OS2. The van der Waals surface area contributed by atoms with Crippen molar-refractivity contribution in [3.63, 3.8) is 0 Å². The Morgan fingerprint density at radius 1 is 1.19 bits per heavy atom. The highest BCUT2D eigenvalue weighted by atomic mass is 32.2. The van der Waals surface area contributed by atoms with Crippen LogP contribution in [0.15, 0.2) is 51.5 Å². The molecule has 1 aromatic carbocycles. The van der Waals surface area contributed by atoms with Gasteiger partial charge < -0.3 is 9.09 Å². The third-order valence-electron chi connectivity index (χ3n) is 3.76. The van der Waals surface area contributed by atoms with Crippen LogP contribution in [-0.2, 0) is 7.05 Å². The molecule has 0 saturated carbocycles. The van der Waals surface area contributed by atoms with Gasteiger partial charge in [-0.25, -0.2) is 4.39 Å². The van der Waals surface area contributed by atoms with Crippen molar-refractivity contribution in [3.05, 3.63) is 53.5 Å². The lowest BCUT2D eigenvalue weighted by Gasteiger charge is -2.07. The van der Waals surface area contributed by atoms with E-state index in [4.69, 9.17) is 4.52 Å². The predicted molar refractivity (Wildman–Crippen MR) is 98.3 cm³/mol. The van der Waals surface area contributed by atoms with Gasteiger partial charge in [0.15, 0.2) is 11.0 Å². The molecule has 132 valence electrons. The molecule has 26 heavy (non-hydrogen) atoms. The third-order valence-corrected chi connectivity index (χ3v) is 5.75. The Labute approximate surface area is 157 Å². The molecule has 0 aliphatic rings. The molecule has 9 heteroatoms. The van der Waals surface area contributed by atoms with Gasteiger partial charge in [0.1, 0.15) is 5.82 Å². The molecule has 1 atom stereocenters. The van der Waals surface area contributed by atoms with E-state index in [0.717, 1.165) is 4.88 Å². The number of benzene rings is 1. The summed E-state index contributed by atoms with van der Waals surface area (Å²) < 4.78 is 21.1. The minimum atomic E-state index is -0.329. The Hall–Kier alpha value is -2.52. The number of halogens is 1. The molecule has 6 nitrogen and oxygen atoms in total. The molecule has 0 radical (unpaired) electrons. The monoisotopic (exact) mass is 387 g/mol. The van der Waals surface area contributed by atoms with Gasteiger partial charge in [-0.05, 0) is 30.5 Å². The Kier molecular flexibility index (Phi) is 4.56. The van der Waals surface area contributed by atoms with E-state index in [9.17, 15) is 4.39 Å². The van der Waals surface area contributed by atoms with Crippen LogP contribution in [0.2, 0.25) is 0 Å². The van der Waals surface area contributed by atoms with Crippen LogP contribution in [0.5, 0.6) is 0 Å². The van der Waals surface area contributed by atoms with Crippen molar-refractivity contribution in [2.45, 2.75) is 17.3 Å². The Morgan fingerprint density at radius 2 is 2.04 bits per heavy atom. The second-order valence-electron chi connectivity index (χ2n) is 5.54. The van der Waals surface area contributed by atoms with E-state index in [1.54, 1.807) is 34.1 Å². The number of rotatable bonds is 5. The van der Waals surface area contributed by atoms with Crippen LogP contribution in [0.4, 0.5) is 4.39 Å². The first kappa shape index (κ1) is 16.9. The fourth-order valence-electron chi connectivity index (χ4n) is 2.41. The number of thiophene rings is 1. The molecule has 4 rings (SSSR count). The molecule has 3 aromatic heterocycles. The summed E-state index contributed by atoms with van der Waals surface area (Å²) in [6.45, 7) is 1.95. The molecule has 0 aliphatic carbocycles. The van der Waals surface area contributed by atoms with E-state index in [-0.39, 0.29) is 11.1 Å². The Bertz CT molecular complexity index is 1030. The summed E-state index contributed by atoms with van der Waals surface area (Å²) in [5.74, 6) is 1.23. The minimum Gasteiger partial charge on any atom is -0.338 e. The lowest BCUT2D eigenvalue weighted by atomic mass is 10.2. The highest BCUT2D eigenvalue weighted by Crippen LogP contribution is 2.35. The number of hydrogen-bond donors (Lipinski definition) is 0. The zero-order chi connectivity index (χ0) is 18.1. The molecule has 3 heterocycles. The van der Waals surface area contributed by atoms with E-state index in [0.29, 0.717) is 28.3 Å². The third kappa shape index (κ3) is 3.15. The molecule has 0 bridgehead atoms. The van der Waals surface area contributed by atoms with E-state index < -0.39 is 0 Å². The largest absolute Gasteiger partial charge is 0.338 e. The van der Waals surface area contributed by atoms with Crippen LogP contribution in [0.3, 0.4) is 0 Å². The summed E-state index contributed by atoms with van der Waals surface area (Å²) in [4.78, 5) is 5.41. The maximum Gasteiger partial charge on any atom is 0.240 e. The summed E-state index contributed by atoms with van der Waals surface area (Å²) in [5.41, 5.74) is 0.416. The van der Waals surface area contributed by atoms with Crippen molar-refractivity contribution < 1.29 is 8.91 Å². The normalized spacial score (nSPS) is 12.4. The smallest absolute Gasteiger partial charge is 0.240 e. The van der Waals surface area contributed by atoms with E-state index >= 15 is 0 Å². The van der Waals surface area contributed by atoms with Gasteiger partial charge in [-0.1, -0.05) is 35.1 Å². The number of hydrogen-bond acceptors (Lipinski definition) is 7. The maximum atomic E-state index is 14.0. The van der Waals surface area contributed by atoms with Crippen LogP contribution in [0.1, 0.15) is 18.1 Å². The van der Waals surface area contributed by atoms with Crippen molar-refractivity contribution in [3.8, 4) is 22.1 Å². The van der Waals surface area contributed by atoms with Crippen LogP contribution in [0.25, 0.3) is 22.1 Å². The van der Waals surface area contributed by atoms with Crippen molar-refractivity contribution in [2.24, 2.45) is 7.05 Å². The van der Waals surface area contributed by atoms with E-state index in [1.807, 2.05) is 31.5 Å². The van der Waals surface area contributed by atoms with Gasteiger partial charge in [-0.3, -0.25) is 0 Å². The Balaban J connectivity index is 1.55. The van der Waals surface area contributed by atoms with Crippen molar-refractivity contribution in [1.29, 1.82) is 0 Å². The quantitative estimate of drug-likeness (QED) is 0.467. The maximum absolute atomic E-state index is 14.0. The molecule has 4 aromatic rings. The van der Waals surface area contributed by atoms with Crippen molar-refractivity contribution in [2.75, 3.05) is 0 Å². The van der Waals surface area contributed by atoms with Gasteiger partial charge in [0, 0.05) is 7.05 Å². The molecule has 0 N–H and O–H groups in total. The molecule has 0 fully saturated rings. The summed E-state index contributed by atoms with van der Waals surface area (Å²) in [5, 5.41) is 14.8. The van der Waals surface area contributed by atoms with Crippen molar-refractivity contribution >= 4 is 23.1 Å². The first-order valence-electron chi connectivity index (χ1n) is 7.82. The van der Waals surface area contributed by atoms with Gasteiger partial charge in [-0.15, -0.1) is 21.5 Å². The molecular weight excluding hydrogens is 373 g/mol. The van der Waals surface area contributed by atoms with Crippen LogP contribution < -0.4 is 0 Å². The Morgan fingerprint density at radius 3 is 2.81 bits per heavy atom. The minimum absolute atomic E-state index is 0.118. The number of thioether (sulfide) groups is 1. The standard InChI is InChI=1S/C17H14FN5OS2/c1-10(16-19-14(22-24-16)13-8-5-9-25-13)26-17-21-20-15(23(17)2)11-6-3-4-7-12(11)18/h3-10H,1-2H3. The van der Waals surface area contributed by atoms with Crippen LogP contribution in [0, 0.1) is 5.82 Å². The van der Waals surface area contributed by atoms with Gasteiger partial charge in [-0.2, -0.15) is 4.98 Å². The fraction of sp³-hybridized carbons (Fsp3) is 0.176. The van der Waals surface area contributed by atoms with Crippen LogP contribution >= 0.6 is 23.1 Å². The highest BCUT2D eigenvalue weighted by molar-refractivity contribution is 7.99. The first-order chi connectivity index (χ1) is 12.6. The second kappa shape index (κ2) is 7.00. The van der Waals surface area contributed by atoms with Gasteiger partial charge in [0.05, 0.1) is 15.7 Å². The van der Waals surface area contributed by atoms with Crippen LogP contribution in [-0.4, -0.2) is 24.9 Å². The average Bonchev–Trinajstić information content (AvgIpc) is 3.37.